The summed E-state index contributed by atoms with van der Waals surface area (Å²) >= 11 is 3.63. The van der Waals surface area contributed by atoms with E-state index in [2.05, 4.69) is 74.8 Å². The van der Waals surface area contributed by atoms with Gasteiger partial charge in [-0.3, -0.25) is 0 Å². The zero-order valence-corrected chi connectivity index (χ0v) is 15.2. The number of alkyl halides is 1. The highest BCUT2D eigenvalue weighted by molar-refractivity contribution is 9.09. The van der Waals surface area contributed by atoms with Crippen LogP contribution in [0.15, 0.2) is 24.3 Å². The molecule has 0 aliphatic heterocycles. The van der Waals surface area contributed by atoms with Crippen molar-refractivity contribution in [2.24, 2.45) is 5.41 Å². The smallest absolute Gasteiger partial charge is 0.119 e. The van der Waals surface area contributed by atoms with E-state index >= 15 is 0 Å². The molecule has 0 aliphatic carbocycles. The molecule has 1 nitrogen and oxygen atoms in total. The summed E-state index contributed by atoms with van der Waals surface area (Å²) in [6, 6.07) is 8.62. The zero-order valence-electron chi connectivity index (χ0n) is 13.6. The minimum absolute atomic E-state index is 0.241. The maximum Gasteiger partial charge on any atom is 0.119 e. The molecule has 0 N–H and O–H groups in total. The molecule has 0 aliphatic rings. The van der Waals surface area contributed by atoms with E-state index in [4.69, 9.17) is 4.74 Å². The van der Waals surface area contributed by atoms with Crippen molar-refractivity contribution in [3.63, 3.8) is 0 Å². The number of rotatable bonds is 8. The van der Waals surface area contributed by atoms with Crippen LogP contribution in [-0.2, 0) is 5.41 Å². The van der Waals surface area contributed by atoms with Crippen molar-refractivity contribution < 1.29 is 4.74 Å². The van der Waals surface area contributed by atoms with Crippen LogP contribution in [0.25, 0.3) is 0 Å². The number of ether oxygens (including phenoxy) is 1. The normalized spacial score (nSPS) is 12.5. The number of halogens is 1. The van der Waals surface area contributed by atoms with Crippen LogP contribution in [0.5, 0.6) is 5.75 Å². The van der Waals surface area contributed by atoms with Crippen LogP contribution < -0.4 is 4.74 Å². The Labute approximate surface area is 133 Å². The van der Waals surface area contributed by atoms with Gasteiger partial charge in [0.05, 0.1) is 6.61 Å². The van der Waals surface area contributed by atoms with Crippen LogP contribution in [0.2, 0.25) is 0 Å². The molecule has 0 radical (unpaired) electrons. The summed E-state index contributed by atoms with van der Waals surface area (Å²) in [7, 11) is 0. The van der Waals surface area contributed by atoms with E-state index in [9.17, 15) is 0 Å². The predicted octanol–water partition coefficient (Wildman–Crippen LogP) is 5.95. The van der Waals surface area contributed by atoms with Crippen LogP contribution in [-0.4, -0.2) is 11.9 Å². The Morgan fingerprint density at radius 3 is 1.90 bits per heavy atom. The lowest BCUT2D eigenvalue weighted by Crippen LogP contribution is -2.29. The summed E-state index contributed by atoms with van der Waals surface area (Å²) in [5.74, 6) is 0.980. The standard InChI is InChI=1S/C18H29BrO/c1-6-17(4,5)15-9-11-16(12-10-15)20-14-18(7-2,8-3)13-19/h9-12H,6-8,13-14H2,1-5H3. The predicted molar refractivity (Wildman–Crippen MR) is 92.1 cm³/mol. The van der Waals surface area contributed by atoms with Gasteiger partial charge in [-0.05, 0) is 42.4 Å². The maximum absolute atomic E-state index is 6.02. The molecule has 1 rings (SSSR count). The molecule has 0 amide bonds. The van der Waals surface area contributed by atoms with Crippen LogP contribution in [0.3, 0.4) is 0 Å². The summed E-state index contributed by atoms with van der Waals surface area (Å²) in [6.07, 6.45) is 3.41. The molecule has 0 bridgehead atoms. The van der Waals surface area contributed by atoms with E-state index in [1.165, 1.54) is 5.56 Å². The minimum atomic E-state index is 0.241. The van der Waals surface area contributed by atoms with E-state index in [1.807, 2.05) is 0 Å². The molecular formula is C18H29BrO. The largest absolute Gasteiger partial charge is 0.493 e. The second kappa shape index (κ2) is 7.49. The fourth-order valence-electron chi connectivity index (χ4n) is 2.12. The van der Waals surface area contributed by atoms with Gasteiger partial charge < -0.3 is 4.74 Å². The number of hydrogen-bond donors (Lipinski definition) is 0. The third kappa shape index (κ3) is 4.25. The molecule has 1 aromatic carbocycles. The summed E-state index contributed by atoms with van der Waals surface area (Å²) in [5, 5.41) is 0.994. The highest BCUT2D eigenvalue weighted by atomic mass is 79.9. The first-order chi connectivity index (χ1) is 9.43. The van der Waals surface area contributed by atoms with Gasteiger partial charge in [0, 0.05) is 10.7 Å². The Morgan fingerprint density at radius 1 is 0.950 bits per heavy atom. The molecule has 2 heteroatoms. The molecule has 0 spiro atoms. The quantitative estimate of drug-likeness (QED) is 0.531. The molecule has 0 aromatic heterocycles. The van der Waals surface area contributed by atoms with Gasteiger partial charge >= 0.3 is 0 Å². The Kier molecular flexibility index (Phi) is 6.57. The van der Waals surface area contributed by atoms with Gasteiger partial charge in [-0.1, -0.05) is 62.7 Å². The molecule has 0 saturated heterocycles. The molecule has 0 atom stereocenters. The minimum Gasteiger partial charge on any atom is -0.493 e. The van der Waals surface area contributed by atoms with Crippen LogP contribution >= 0.6 is 15.9 Å². The molecule has 20 heavy (non-hydrogen) atoms. The topological polar surface area (TPSA) is 9.23 Å². The third-order valence-corrected chi connectivity index (χ3v) is 6.04. The van der Waals surface area contributed by atoms with Crippen molar-refractivity contribution in [2.75, 3.05) is 11.9 Å². The Bertz CT molecular complexity index is 382. The van der Waals surface area contributed by atoms with Gasteiger partial charge in [0.15, 0.2) is 0 Å². The molecule has 0 saturated carbocycles. The van der Waals surface area contributed by atoms with Crippen molar-refractivity contribution in [3.05, 3.63) is 29.8 Å². The van der Waals surface area contributed by atoms with E-state index in [1.54, 1.807) is 0 Å². The lowest BCUT2D eigenvalue weighted by molar-refractivity contribution is 0.158. The molecule has 1 aromatic rings. The monoisotopic (exact) mass is 340 g/mol. The first-order valence-electron chi connectivity index (χ1n) is 7.72. The van der Waals surface area contributed by atoms with Crippen molar-refractivity contribution in [1.82, 2.24) is 0 Å². The van der Waals surface area contributed by atoms with Gasteiger partial charge in [0.25, 0.3) is 0 Å². The van der Waals surface area contributed by atoms with Crippen molar-refractivity contribution in [2.45, 2.75) is 59.3 Å². The van der Waals surface area contributed by atoms with Gasteiger partial charge in [0.1, 0.15) is 5.75 Å². The van der Waals surface area contributed by atoms with Gasteiger partial charge in [-0.25, -0.2) is 0 Å². The summed E-state index contributed by atoms with van der Waals surface area (Å²) in [5.41, 5.74) is 1.87. The number of benzene rings is 1. The van der Waals surface area contributed by atoms with E-state index in [0.717, 1.165) is 36.9 Å². The zero-order chi connectivity index (χ0) is 15.2. The third-order valence-electron chi connectivity index (χ3n) is 4.85. The average Bonchev–Trinajstić information content (AvgIpc) is 2.50. The highest BCUT2D eigenvalue weighted by Crippen LogP contribution is 2.31. The highest BCUT2D eigenvalue weighted by Gasteiger charge is 2.26. The molecule has 0 fully saturated rings. The summed E-state index contributed by atoms with van der Waals surface area (Å²) in [6.45, 7) is 12.1. The van der Waals surface area contributed by atoms with Gasteiger partial charge in [0.2, 0.25) is 0 Å². The second-order valence-electron chi connectivity index (χ2n) is 6.39. The Balaban J connectivity index is 2.71. The van der Waals surface area contributed by atoms with Crippen molar-refractivity contribution in [1.29, 1.82) is 0 Å². The molecular weight excluding hydrogens is 312 g/mol. The lowest BCUT2D eigenvalue weighted by Gasteiger charge is -2.29. The molecule has 0 heterocycles. The van der Waals surface area contributed by atoms with Crippen LogP contribution in [0.1, 0.15) is 59.4 Å². The maximum atomic E-state index is 6.02. The Morgan fingerprint density at radius 2 is 1.50 bits per heavy atom. The fraction of sp³-hybridized carbons (Fsp3) is 0.667. The summed E-state index contributed by atoms with van der Waals surface area (Å²) < 4.78 is 6.02. The Hall–Kier alpha value is -0.500. The van der Waals surface area contributed by atoms with Crippen LogP contribution in [0.4, 0.5) is 0 Å². The average molecular weight is 341 g/mol. The first-order valence-corrected chi connectivity index (χ1v) is 8.84. The number of hydrogen-bond acceptors (Lipinski definition) is 1. The fourth-order valence-corrected chi connectivity index (χ4v) is 3.08. The SMILES string of the molecule is CCC(CC)(CBr)COc1ccc(C(C)(C)CC)cc1. The van der Waals surface area contributed by atoms with Crippen LogP contribution in [0, 0.1) is 5.41 Å². The van der Waals surface area contributed by atoms with E-state index in [0.29, 0.717) is 0 Å². The molecule has 0 unspecified atom stereocenters. The van der Waals surface area contributed by atoms with E-state index < -0.39 is 0 Å². The second-order valence-corrected chi connectivity index (χ2v) is 6.95. The lowest BCUT2D eigenvalue weighted by atomic mass is 9.82. The summed E-state index contributed by atoms with van der Waals surface area (Å²) in [4.78, 5) is 0. The van der Waals surface area contributed by atoms with Crippen molar-refractivity contribution >= 4 is 15.9 Å². The van der Waals surface area contributed by atoms with E-state index in [-0.39, 0.29) is 10.8 Å². The van der Waals surface area contributed by atoms with Gasteiger partial charge in [-0.2, -0.15) is 0 Å². The van der Waals surface area contributed by atoms with Gasteiger partial charge in [-0.15, -0.1) is 0 Å². The molecule has 114 valence electrons. The first kappa shape index (κ1) is 17.6. The van der Waals surface area contributed by atoms with Crippen molar-refractivity contribution in [3.8, 4) is 5.75 Å².